The van der Waals surface area contributed by atoms with Crippen molar-refractivity contribution >= 4 is 33.3 Å². The molecule has 21 heavy (non-hydrogen) atoms. The number of carboxylic acid groups (broad SMARTS) is 1. The average molecular weight is 339 g/mol. The van der Waals surface area contributed by atoms with Gasteiger partial charge in [-0.1, -0.05) is 11.6 Å². The third-order valence-corrected chi connectivity index (χ3v) is 4.34. The van der Waals surface area contributed by atoms with Crippen LogP contribution in [0, 0.1) is 17.0 Å². The number of nitro groups is 1. The van der Waals surface area contributed by atoms with Gasteiger partial charge in [-0.25, -0.2) is 17.9 Å². The van der Waals surface area contributed by atoms with Gasteiger partial charge in [0.2, 0.25) is 10.0 Å². The van der Waals surface area contributed by atoms with Crippen LogP contribution in [0.15, 0.2) is 17.0 Å². The molecule has 0 aliphatic rings. The van der Waals surface area contributed by atoms with E-state index in [-0.39, 0.29) is 10.6 Å². The molecule has 0 saturated carbocycles. The number of hydrogen-bond acceptors (Lipinski definition) is 6. The fourth-order valence-corrected chi connectivity index (χ4v) is 2.71. The second-order valence-corrected chi connectivity index (χ2v) is 6.19. The number of nitro benzene ring substituents is 1. The minimum atomic E-state index is -4.25. The molecule has 0 aliphatic heterocycles. The third-order valence-electron chi connectivity index (χ3n) is 2.55. The molecule has 1 atom stereocenters. The Kier molecular flexibility index (Phi) is 5.23. The van der Waals surface area contributed by atoms with Crippen molar-refractivity contribution in [3.8, 4) is 0 Å². The summed E-state index contributed by atoms with van der Waals surface area (Å²) in [6.45, 7) is 0.579. The van der Waals surface area contributed by atoms with Crippen molar-refractivity contribution in [1.82, 2.24) is 4.72 Å². The maximum atomic E-state index is 11.9. The first-order chi connectivity index (χ1) is 9.56. The van der Waals surface area contributed by atoms with E-state index >= 15 is 0 Å². The Morgan fingerprint density at radius 3 is 2.57 bits per heavy atom. The number of carbonyl (C=O) groups is 1. The smallest absolute Gasteiger partial charge is 0.333 e. The van der Waals surface area contributed by atoms with E-state index < -0.39 is 44.1 Å². The predicted octanol–water partition coefficient (Wildman–Crippen LogP) is 0.280. The van der Waals surface area contributed by atoms with Crippen molar-refractivity contribution < 1.29 is 28.3 Å². The molecule has 0 aliphatic carbocycles. The molecule has 0 heterocycles. The van der Waals surface area contributed by atoms with E-state index in [1.54, 1.807) is 0 Å². The third kappa shape index (κ3) is 4.11. The SMILES string of the molecule is Cc1c(Cl)cc(S(=O)(=O)NC[C@H](O)C(=O)O)cc1[N+](=O)[O-]. The molecule has 0 radical (unpaired) electrons. The molecule has 0 saturated heterocycles. The summed E-state index contributed by atoms with van der Waals surface area (Å²) in [7, 11) is -4.25. The Hall–Kier alpha value is -1.75. The van der Waals surface area contributed by atoms with E-state index in [0.29, 0.717) is 0 Å². The van der Waals surface area contributed by atoms with Crippen molar-refractivity contribution in [1.29, 1.82) is 0 Å². The Balaban J connectivity index is 3.15. The van der Waals surface area contributed by atoms with E-state index in [1.807, 2.05) is 4.72 Å². The number of hydrogen-bond donors (Lipinski definition) is 3. The molecule has 1 aromatic rings. The van der Waals surface area contributed by atoms with Gasteiger partial charge in [-0.2, -0.15) is 0 Å². The molecule has 9 nitrogen and oxygen atoms in total. The van der Waals surface area contributed by atoms with Gasteiger partial charge in [-0.15, -0.1) is 0 Å². The summed E-state index contributed by atoms with van der Waals surface area (Å²) in [6.07, 6.45) is -1.93. The zero-order valence-corrected chi connectivity index (χ0v) is 12.2. The van der Waals surface area contributed by atoms with Crippen LogP contribution < -0.4 is 4.72 Å². The van der Waals surface area contributed by atoms with Crippen molar-refractivity contribution in [2.24, 2.45) is 0 Å². The first-order valence-electron chi connectivity index (χ1n) is 5.41. The van der Waals surface area contributed by atoms with E-state index in [4.69, 9.17) is 21.8 Å². The summed E-state index contributed by atoms with van der Waals surface area (Å²) in [5.74, 6) is -1.61. The molecule has 116 valence electrons. The van der Waals surface area contributed by atoms with Crippen LogP contribution >= 0.6 is 11.6 Å². The van der Waals surface area contributed by atoms with Gasteiger partial charge in [0, 0.05) is 18.2 Å². The van der Waals surface area contributed by atoms with Gasteiger partial charge in [0.15, 0.2) is 6.10 Å². The molecule has 0 fully saturated rings. The van der Waals surface area contributed by atoms with Crippen LogP contribution in [0.1, 0.15) is 5.56 Å². The average Bonchev–Trinajstić information content (AvgIpc) is 2.38. The Labute approximate surface area is 124 Å². The zero-order valence-electron chi connectivity index (χ0n) is 10.6. The second kappa shape index (κ2) is 6.35. The lowest BCUT2D eigenvalue weighted by Gasteiger charge is -2.10. The molecular weight excluding hydrogens is 328 g/mol. The van der Waals surface area contributed by atoms with Crippen LogP contribution in [0.25, 0.3) is 0 Å². The first kappa shape index (κ1) is 17.3. The number of benzene rings is 1. The fourth-order valence-electron chi connectivity index (χ4n) is 1.34. The molecule has 1 rings (SSSR count). The maximum absolute atomic E-state index is 11.9. The number of aliphatic hydroxyl groups is 1. The van der Waals surface area contributed by atoms with Crippen LogP contribution in [0.4, 0.5) is 5.69 Å². The highest BCUT2D eigenvalue weighted by molar-refractivity contribution is 7.89. The number of nitrogens with one attached hydrogen (secondary N) is 1. The first-order valence-corrected chi connectivity index (χ1v) is 7.27. The van der Waals surface area contributed by atoms with Gasteiger partial charge >= 0.3 is 5.97 Å². The van der Waals surface area contributed by atoms with Crippen LogP contribution in [-0.2, 0) is 14.8 Å². The van der Waals surface area contributed by atoms with Crippen molar-refractivity contribution in [3.63, 3.8) is 0 Å². The number of nitrogens with zero attached hydrogens (tertiary/aromatic N) is 1. The number of rotatable bonds is 6. The number of aliphatic hydroxyl groups excluding tert-OH is 1. The summed E-state index contributed by atoms with van der Waals surface area (Å²) >= 11 is 5.74. The summed E-state index contributed by atoms with van der Waals surface area (Å²) < 4.78 is 25.6. The predicted molar refractivity (Wildman–Crippen MR) is 71.7 cm³/mol. The van der Waals surface area contributed by atoms with Crippen molar-refractivity contribution in [3.05, 3.63) is 32.8 Å². The molecule has 0 amide bonds. The van der Waals surface area contributed by atoms with Crippen molar-refractivity contribution in [2.45, 2.75) is 17.9 Å². The number of carboxylic acids is 1. The lowest BCUT2D eigenvalue weighted by Crippen LogP contribution is -2.36. The van der Waals surface area contributed by atoms with Crippen molar-refractivity contribution in [2.75, 3.05) is 6.54 Å². The quantitative estimate of drug-likeness (QED) is 0.498. The van der Waals surface area contributed by atoms with Gasteiger partial charge < -0.3 is 10.2 Å². The monoisotopic (exact) mass is 338 g/mol. The standard InChI is InChI=1S/C10H11ClN2O7S/c1-5-7(11)2-6(3-8(5)13(17)18)21(19,20)12-4-9(14)10(15)16/h2-3,9,12,14H,4H2,1H3,(H,15,16)/t9-/m0/s1. The molecule has 3 N–H and O–H groups in total. The lowest BCUT2D eigenvalue weighted by molar-refractivity contribution is -0.385. The van der Waals surface area contributed by atoms with Crippen LogP contribution in [0.5, 0.6) is 0 Å². The summed E-state index contributed by atoms with van der Waals surface area (Å²) in [5, 5.41) is 28.2. The minimum Gasteiger partial charge on any atom is -0.479 e. The summed E-state index contributed by atoms with van der Waals surface area (Å²) in [6, 6.07) is 1.80. The minimum absolute atomic E-state index is 0.103. The highest BCUT2D eigenvalue weighted by atomic mass is 35.5. The summed E-state index contributed by atoms with van der Waals surface area (Å²) in [5.41, 5.74) is -0.382. The maximum Gasteiger partial charge on any atom is 0.333 e. The van der Waals surface area contributed by atoms with E-state index in [2.05, 4.69) is 0 Å². The van der Waals surface area contributed by atoms with Gasteiger partial charge in [0.05, 0.1) is 14.8 Å². The van der Waals surface area contributed by atoms with E-state index in [1.165, 1.54) is 6.92 Å². The Morgan fingerprint density at radius 1 is 1.52 bits per heavy atom. The molecule has 1 aromatic carbocycles. The normalized spacial score (nSPS) is 12.9. The van der Waals surface area contributed by atoms with Crippen LogP contribution in [0.2, 0.25) is 5.02 Å². The second-order valence-electron chi connectivity index (χ2n) is 4.01. The van der Waals surface area contributed by atoms with Gasteiger partial charge in [0.25, 0.3) is 5.69 Å². The van der Waals surface area contributed by atoms with Gasteiger partial charge in [-0.3, -0.25) is 10.1 Å². The summed E-state index contributed by atoms with van der Waals surface area (Å²) in [4.78, 5) is 19.9. The number of sulfonamides is 1. The lowest BCUT2D eigenvalue weighted by atomic mass is 10.2. The number of aliphatic carboxylic acids is 1. The van der Waals surface area contributed by atoms with Crippen LogP contribution in [-0.4, -0.2) is 42.2 Å². The Morgan fingerprint density at radius 2 is 2.10 bits per heavy atom. The molecule has 0 spiro atoms. The molecule has 0 unspecified atom stereocenters. The fraction of sp³-hybridized carbons (Fsp3) is 0.300. The molecule has 0 bridgehead atoms. The van der Waals surface area contributed by atoms with E-state index in [9.17, 15) is 23.3 Å². The Bertz CT molecular complexity index is 689. The molecule has 11 heteroatoms. The van der Waals surface area contributed by atoms with Gasteiger partial charge in [-0.05, 0) is 13.0 Å². The topological polar surface area (TPSA) is 147 Å². The molecule has 0 aromatic heterocycles. The van der Waals surface area contributed by atoms with E-state index in [0.717, 1.165) is 12.1 Å². The van der Waals surface area contributed by atoms with Gasteiger partial charge in [0.1, 0.15) is 0 Å². The highest BCUT2D eigenvalue weighted by Gasteiger charge is 2.24. The number of halogens is 1. The zero-order chi connectivity index (χ0) is 16.4. The largest absolute Gasteiger partial charge is 0.479 e. The highest BCUT2D eigenvalue weighted by Crippen LogP contribution is 2.29. The molecular formula is C10H11ClN2O7S. The van der Waals surface area contributed by atoms with Crippen LogP contribution in [0.3, 0.4) is 0 Å².